The Balaban J connectivity index is 1.97. The highest BCUT2D eigenvalue weighted by Gasteiger charge is 2.24. The number of rotatable bonds is 3. The maximum absolute atomic E-state index is 12.1. The zero-order chi connectivity index (χ0) is 16.6. The Morgan fingerprint density at radius 3 is 2.96 bits per heavy atom. The lowest BCUT2D eigenvalue weighted by Gasteiger charge is -2.14. The molecular formula is C16H14ClN3O2S. The second kappa shape index (κ2) is 6.14. The first-order valence-corrected chi connectivity index (χ1v) is 8.32. The molecule has 0 aliphatic carbocycles. The standard InChI is InChI=1S/C16H14ClN3O2S/c1-3-20(9(2)21)16-18-11(8-23-16)7-13-12-6-10(17)4-5-14(12)19-15(13)22/h4-8H,3H2,1-2H3,(H,19,22). The van der Waals surface area contributed by atoms with E-state index in [0.29, 0.717) is 28.0 Å². The lowest BCUT2D eigenvalue weighted by atomic mass is 10.1. The van der Waals surface area contributed by atoms with Gasteiger partial charge in [0.15, 0.2) is 5.13 Å². The summed E-state index contributed by atoms with van der Waals surface area (Å²) in [6.07, 6.45) is 1.71. The Labute approximate surface area is 142 Å². The van der Waals surface area contributed by atoms with Crippen LogP contribution in [0.4, 0.5) is 10.8 Å². The van der Waals surface area contributed by atoms with Gasteiger partial charge in [0, 0.05) is 35.1 Å². The molecule has 2 aromatic rings. The fourth-order valence-electron chi connectivity index (χ4n) is 2.41. The molecule has 0 spiro atoms. The molecule has 1 aromatic heterocycles. The van der Waals surface area contributed by atoms with E-state index in [2.05, 4.69) is 10.3 Å². The molecule has 1 aliphatic heterocycles. The minimum absolute atomic E-state index is 0.0585. The molecule has 0 bridgehead atoms. The molecule has 0 atom stereocenters. The number of nitrogens with zero attached hydrogens (tertiary/aromatic N) is 2. The van der Waals surface area contributed by atoms with E-state index in [4.69, 9.17) is 11.6 Å². The second-order valence-corrected chi connectivity index (χ2v) is 6.29. The summed E-state index contributed by atoms with van der Waals surface area (Å²) in [5.41, 5.74) is 2.66. The molecule has 3 rings (SSSR count). The quantitative estimate of drug-likeness (QED) is 0.862. The molecule has 0 fully saturated rings. The zero-order valence-electron chi connectivity index (χ0n) is 12.6. The number of carbonyl (C=O) groups is 2. The fraction of sp³-hybridized carbons (Fsp3) is 0.188. The largest absolute Gasteiger partial charge is 0.321 e. The third-order valence-corrected chi connectivity index (χ3v) is 4.61. The minimum Gasteiger partial charge on any atom is -0.321 e. The van der Waals surface area contributed by atoms with Gasteiger partial charge in [0.2, 0.25) is 5.91 Å². The average Bonchev–Trinajstić information content (AvgIpc) is 3.06. The molecule has 1 N–H and O–H groups in total. The molecule has 0 saturated carbocycles. The first kappa shape index (κ1) is 15.7. The number of halogens is 1. The van der Waals surface area contributed by atoms with Crippen LogP contribution in [0.3, 0.4) is 0 Å². The number of aromatic nitrogens is 1. The molecule has 2 amide bonds. The van der Waals surface area contributed by atoms with Crippen LogP contribution in [-0.2, 0) is 9.59 Å². The van der Waals surface area contributed by atoms with Crippen LogP contribution in [0.5, 0.6) is 0 Å². The molecule has 23 heavy (non-hydrogen) atoms. The number of amides is 2. The molecule has 2 heterocycles. The smallest absolute Gasteiger partial charge is 0.256 e. The Hall–Kier alpha value is -2.18. The van der Waals surface area contributed by atoms with Gasteiger partial charge in [-0.05, 0) is 31.2 Å². The van der Waals surface area contributed by atoms with E-state index in [1.165, 1.54) is 18.3 Å². The number of fused-ring (bicyclic) bond motifs is 1. The van der Waals surface area contributed by atoms with Crippen molar-refractivity contribution in [3.05, 3.63) is 39.9 Å². The summed E-state index contributed by atoms with van der Waals surface area (Å²) in [7, 11) is 0. The number of anilines is 2. The van der Waals surface area contributed by atoms with Gasteiger partial charge in [-0.25, -0.2) is 4.98 Å². The normalized spacial score (nSPS) is 14.7. The average molecular weight is 348 g/mol. The topological polar surface area (TPSA) is 62.3 Å². The molecule has 1 aromatic carbocycles. The van der Waals surface area contributed by atoms with Crippen molar-refractivity contribution in [2.75, 3.05) is 16.8 Å². The molecule has 0 saturated heterocycles. The van der Waals surface area contributed by atoms with Crippen molar-refractivity contribution in [3.8, 4) is 0 Å². The third kappa shape index (κ3) is 3.00. The first-order valence-electron chi connectivity index (χ1n) is 7.06. The van der Waals surface area contributed by atoms with E-state index in [1.807, 2.05) is 12.3 Å². The summed E-state index contributed by atoms with van der Waals surface area (Å²) < 4.78 is 0. The van der Waals surface area contributed by atoms with E-state index < -0.39 is 0 Å². The molecule has 7 heteroatoms. The highest BCUT2D eigenvalue weighted by molar-refractivity contribution is 7.14. The number of hydrogen-bond acceptors (Lipinski definition) is 4. The van der Waals surface area contributed by atoms with Crippen molar-refractivity contribution in [2.24, 2.45) is 0 Å². The van der Waals surface area contributed by atoms with Gasteiger partial charge >= 0.3 is 0 Å². The summed E-state index contributed by atoms with van der Waals surface area (Å²) in [4.78, 5) is 29.7. The van der Waals surface area contributed by atoms with E-state index in [1.54, 1.807) is 29.2 Å². The molecular weight excluding hydrogens is 334 g/mol. The number of hydrogen-bond donors (Lipinski definition) is 1. The third-order valence-electron chi connectivity index (χ3n) is 3.49. The van der Waals surface area contributed by atoms with Gasteiger partial charge in [-0.1, -0.05) is 11.6 Å². The highest BCUT2D eigenvalue weighted by atomic mass is 35.5. The van der Waals surface area contributed by atoms with Gasteiger partial charge < -0.3 is 5.32 Å². The number of benzene rings is 1. The van der Waals surface area contributed by atoms with Crippen molar-refractivity contribution < 1.29 is 9.59 Å². The van der Waals surface area contributed by atoms with Crippen LogP contribution in [0.15, 0.2) is 23.6 Å². The van der Waals surface area contributed by atoms with Crippen molar-refractivity contribution in [1.29, 1.82) is 0 Å². The maximum atomic E-state index is 12.1. The predicted molar refractivity (Wildman–Crippen MR) is 93.8 cm³/mol. The Morgan fingerprint density at radius 1 is 1.48 bits per heavy atom. The molecule has 118 valence electrons. The van der Waals surface area contributed by atoms with E-state index in [9.17, 15) is 9.59 Å². The van der Waals surface area contributed by atoms with Gasteiger partial charge in [0.05, 0.1) is 11.3 Å². The van der Waals surface area contributed by atoms with Crippen molar-refractivity contribution in [3.63, 3.8) is 0 Å². The number of carbonyl (C=O) groups excluding carboxylic acids is 2. The Morgan fingerprint density at radius 2 is 2.26 bits per heavy atom. The number of nitrogens with one attached hydrogen (secondary N) is 1. The van der Waals surface area contributed by atoms with Crippen molar-refractivity contribution >= 4 is 57.2 Å². The summed E-state index contributed by atoms with van der Waals surface area (Å²) >= 11 is 7.39. The first-order chi connectivity index (χ1) is 11.0. The van der Waals surface area contributed by atoms with Gasteiger partial charge in [-0.15, -0.1) is 11.3 Å². The van der Waals surface area contributed by atoms with Crippen molar-refractivity contribution in [1.82, 2.24) is 4.98 Å². The Bertz CT molecular complexity index is 828. The predicted octanol–water partition coefficient (Wildman–Crippen LogP) is 3.66. The highest BCUT2D eigenvalue weighted by Crippen LogP contribution is 2.35. The van der Waals surface area contributed by atoms with Crippen LogP contribution in [0, 0.1) is 0 Å². The van der Waals surface area contributed by atoms with E-state index >= 15 is 0 Å². The van der Waals surface area contributed by atoms with Crippen molar-refractivity contribution in [2.45, 2.75) is 13.8 Å². The van der Waals surface area contributed by atoms with Crippen LogP contribution in [0.2, 0.25) is 5.02 Å². The Kier molecular flexibility index (Phi) is 4.19. The van der Waals surface area contributed by atoms with Gasteiger partial charge in [0.1, 0.15) is 0 Å². The molecule has 1 aliphatic rings. The molecule has 0 radical (unpaired) electrons. The van der Waals surface area contributed by atoms with Crippen LogP contribution >= 0.6 is 22.9 Å². The SMILES string of the molecule is CCN(C(C)=O)c1nc(C=C2C(=O)Nc3ccc(Cl)cc32)cs1. The fourth-order valence-corrected chi connectivity index (χ4v) is 3.47. The summed E-state index contributed by atoms with van der Waals surface area (Å²) in [6.45, 7) is 3.95. The maximum Gasteiger partial charge on any atom is 0.256 e. The minimum atomic E-state index is -0.185. The van der Waals surface area contributed by atoms with Crippen LogP contribution < -0.4 is 10.2 Å². The lowest BCUT2D eigenvalue weighted by molar-refractivity contribution is -0.116. The van der Waals surface area contributed by atoms with Crippen LogP contribution in [0.1, 0.15) is 25.1 Å². The van der Waals surface area contributed by atoms with Gasteiger partial charge in [0.25, 0.3) is 5.91 Å². The van der Waals surface area contributed by atoms with Gasteiger partial charge in [-0.2, -0.15) is 0 Å². The number of thiazole rings is 1. The summed E-state index contributed by atoms with van der Waals surface area (Å²) in [5.74, 6) is -0.243. The van der Waals surface area contributed by atoms with E-state index in [-0.39, 0.29) is 11.8 Å². The van der Waals surface area contributed by atoms with E-state index in [0.717, 1.165) is 11.3 Å². The van der Waals surface area contributed by atoms with Gasteiger partial charge in [-0.3, -0.25) is 14.5 Å². The molecule has 5 nitrogen and oxygen atoms in total. The second-order valence-electron chi connectivity index (χ2n) is 5.02. The van der Waals surface area contributed by atoms with Crippen LogP contribution in [-0.4, -0.2) is 23.3 Å². The summed E-state index contributed by atoms with van der Waals surface area (Å²) in [6, 6.07) is 5.26. The summed E-state index contributed by atoms with van der Waals surface area (Å²) in [5, 5.41) is 5.81. The monoisotopic (exact) mass is 347 g/mol. The zero-order valence-corrected chi connectivity index (χ0v) is 14.2. The molecule has 0 unspecified atom stereocenters. The lowest BCUT2D eigenvalue weighted by Crippen LogP contribution is -2.27. The van der Waals surface area contributed by atoms with Crippen LogP contribution in [0.25, 0.3) is 11.6 Å².